The van der Waals surface area contributed by atoms with Gasteiger partial charge in [-0.3, -0.25) is 0 Å². The average molecular weight is 290 g/mol. The second-order valence-electron chi connectivity index (χ2n) is 4.75. The van der Waals surface area contributed by atoms with E-state index >= 15 is 0 Å². The smallest absolute Gasteiger partial charge is 0.240 e. The van der Waals surface area contributed by atoms with Crippen molar-refractivity contribution in [3.63, 3.8) is 0 Å². The number of benzene rings is 1. The Hall–Kier alpha value is -0.620. The molecule has 0 heterocycles. The van der Waals surface area contributed by atoms with Crippen molar-refractivity contribution in [3.8, 4) is 0 Å². The molecule has 1 aliphatic rings. The zero-order chi connectivity index (χ0) is 13.2. The van der Waals surface area contributed by atoms with E-state index in [0.717, 1.165) is 12.8 Å². The monoisotopic (exact) mass is 289 g/mol. The van der Waals surface area contributed by atoms with E-state index in [2.05, 4.69) is 4.72 Å². The summed E-state index contributed by atoms with van der Waals surface area (Å²) in [5.74, 6) is 0. The van der Waals surface area contributed by atoms with Crippen molar-refractivity contribution in [1.29, 1.82) is 0 Å². The minimum atomic E-state index is -3.48. The summed E-state index contributed by atoms with van der Waals surface area (Å²) in [6.45, 7) is 0.487. The number of sulfonamides is 1. The number of aliphatic hydroxyl groups is 1. The fourth-order valence-electron chi connectivity index (χ4n) is 1.87. The molecular formula is C12H16ClNO3S. The van der Waals surface area contributed by atoms with E-state index in [1.807, 2.05) is 0 Å². The fourth-order valence-corrected chi connectivity index (χ4v) is 3.16. The van der Waals surface area contributed by atoms with Gasteiger partial charge in [0.2, 0.25) is 10.0 Å². The number of hydrogen-bond acceptors (Lipinski definition) is 3. The van der Waals surface area contributed by atoms with Gasteiger partial charge in [-0.1, -0.05) is 11.6 Å². The van der Waals surface area contributed by atoms with Crippen molar-refractivity contribution in [2.75, 3.05) is 13.2 Å². The summed E-state index contributed by atoms with van der Waals surface area (Å²) >= 11 is 5.72. The zero-order valence-corrected chi connectivity index (χ0v) is 11.5. The fraction of sp³-hybridized carbons (Fsp3) is 0.500. The van der Waals surface area contributed by atoms with Gasteiger partial charge in [-0.2, -0.15) is 0 Å². The highest BCUT2D eigenvalue weighted by molar-refractivity contribution is 7.89. The first-order chi connectivity index (χ1) is 8.47. The van der Waals surface area contributed by atoms with Crippen LogP contribution in [-0.4, -0.2) is 26.7 Å². The van der Waals surface area contributed by atoms with Gasteiger partial charge in [0, 0.05) is 18.2 Å². The second-order valence-corrected chi connectivity index (χ2v) is 6.96. The highest BCUT2D eigenvalue weighted by atomic mass is 35.5. The normalized spacial score (nSPS) is 17.7. The van der Waals surface area contributed by atoms with Crippen molar-refractivity contribution < 1.29 is 13.5 Å². The largest absolute Gasteiger partial charge is 0.396 e. The van der Waals surface area contributed by atoms with E-state index in [9.17, 15) is 8.42 Å². The minimum Gasteiger partial charge on any atom is -0.396 e. The van der Waals surface area contributed by atoms with Crippen molar-refractivity contribution in [3.05, 3.63) is 29.3 Å². The molecule has 1 aromatic rings. The SMILES string of the molecule is O=S(=O)(NCC1(CCO)CC1)c1ccc(Cl)cc1. The van der Waals surface area contributed by atoms with E-state index in [1.165, 1.54) is 12.1 Å². The first-order valence-electron chi connectivity index (χ1n) is 5.84. The molecule has 0 aromatic heterocycles. The van der Waals surface area contributed by atoms with Crippen LogP contribution in [0, 0.1) is 5.41 Å². The number of nitrogens with one attached hydrogen (secondary N) is 1. The molecule has 0 radical (unpaired) electrons. The number of halogens is 1. The molecule has 2 rings (SSSR count). The molecule has 4 nitrogen and oxygen atoms in total. The summed E-state index contributed by atoms with van der Waals surface area (Å²) in [6.07, 6.45) is 2.59. The van der Waals surface area contributed by atoms with Crippen molar-refractivity contribution in [2.45, 2.75) is 24.2 Å². The maximum atomic E-state index is 12.0. The van der Waals surface area contributed by atoms with Crippen LogP contribution in [0.4, 0.5) is 0 Å². The predicted molar refractivity (Wildman–Crippen MR) is 70.0 cm³/mol. The lowest BCUT2D eigenvalue weighted by Gasteiger charge is -2.14. The average Bonchev–Trinajstić information content (AvgIpc) is 3.08. The molecule has 100 valence electrons. The van der Waals surface area contributed by atoms with Crippen LogP contribution in [0.15, 0.2) is 29.2 Å². The summed E-state index contributed by atoms with van der Waals surface area (Å²) < 4.78 is 26.6. The van der Waals surface area contributed by atoms with Gasteiger partial charge in [0.1, 0.15) is 0 Å². The summed E-state index contributed by atoms with van der Waals surface area (Å²) in [6, 6.07) is 6.07. The molecule has 1 aromatic carbocycles. The van der Waals surface area contributed by atoms with Gasteiger partial charge in [0.05, 0.1) is 4.90 Å². The lowest BCUT2D eigenvalue weighted by atomic mass is 10.0. The Bertz CT molecular complexity index is 509. The Balaban J connectivity index is 2.02. The number of aliphatic hydroxyl groups excluding tert-OH is 1. The zero-order valence-electron chi connectivity index (χ0n) is 9.89. The van der Waals surface area contributed by atoms with E-state index < -0.39 is 10.0 Å². The van der Waals surface area contributed by atoms with Crippen LogP contribution in [0.3, 0.4) is 0 Å². The van der Waals surface area contributed by atoms with Crippen LogP contribution in [-0.2, 0) is 10.0 Å². The van der Waals surface area contributed by atoms with Gasteiger partial charge in [-0.15, -0.1) is 0 Å². The molecule has 2 N–H and O–H groups in total. The van der Waals surface area contributed by atoms with E-state index in [-0.39, 0.29) is 16.9 Å². The molecule has 1 aliphatic carbocycles. The molecule has 0 spiro atoms. The minimum absolute atomic E-state index is 0.0335. The van der Waals surface area contributed by atoms with Gasteiger partial charge < -0.3 is 5.11 Å². The van der Waals surface area contributed by atoms with Crippen molar-refractivity contribution in [2.24, 2.45) is 5.41 Å². The van der Waals surface area contributed by atoms with Crippen LogP contribution in [0.25, 0.3) is 0 Å². The molecule has 1 saturated carbocycles. The number of hydrogen-bond donors (Lipinski definition) is 2. The summed E-state index contributed by atoms with van der Waals surface area (Å²) in [5.41, 5.74) is -0.0335. The molecule has 18 heavy (non-hydrogen) atoms. The molecule has 0 bridgehead atoms. The molecule has 6 heteroatoms. The maximum absolute atomic E-state index is 12.0. The predicted octanol–water partition coefficient (Wildman–Crippen LogP) is 1.78. The Morgan fingerprint density at radius 3 is 2.39 bits per heavy atom. The van der Waals surface area contributed by atoms with Gasteiger partial charge >= 0.3 is 0 Å². The second kappa shape index (κ2) is 5.17. The summed E-state index contributed by atoms with van der Waals surface area (Å²) in [4.78, 5) is 0.215. The van der Waals surface area contributed by atoms with Gasteiger partial charge in [0.25, 0.3) is 0 Å². The van der Waals surface area contributed by atoms with Crippen molar-refractivity contribution >= 4 is 21.6 Å². The van der Waals surface area contributed by atoms with Crippen molar-refractivity contribution in [1.82, 2.24) is 4.72 Å². The summed E-state index contributed by atoms with van der Waals surface area (Å²) in [7, 11) is -3.48. The highest BCUT2D eigenvalue weighted by Crippen LogP contribution is 2.48. The maximum Gasteiger partial charge on any atom is 0.240 e. The third-order valence-corrected chi connectivity index (χ3v) is 5.03. The third-order valence-electron chi connectivity index (χ3n) is 3.36. The Morgan fingerprint density at radius 1 is 1.28 bits per heavy atom. The van der Waals surface area contributed by atoms with Crippen LogP contribution in [0.1, 0.15) is 19.3 Å². The Morgan fingerprint density at radius 2 is 1.89 bits per heavy atom. The molecule has 0 atom stereocenters. The van der Waals surface area contributed by atoms with Gasteiger partial charge in [-0.05, 0) is 48.9 Å². The first kappa shape index (κ1) is 13.8. The van der Waals surface area contributed by atoms with E-state index in [1.54, 1.807) is 12.1 Å². The Kier molecular flexibility index (Phi) is 3.96. The van der Waals surface area contributed by atoms with E-state index in [4.69, 9.17) is 16.7 Å². The topological polar surface area (TPSA) is 66.4 Å². The molecular weight excluding hydrogens is 274 g/mol. The Labute approximate surface area is 112 Å². The molecule has 0 aliphatic heterocycles. The van der Waals surface area contributed by atoms with Gasteiger partial charge in [-0.25, -0.2) is 13.1 Å². The standard InChI is InChI=1S/C12H16ClNO3S/c13-10-1-3-11(4-2-10)18(16,17)14-9-12(5-6-12)7-8-15/h1-4,14-15H,5-9H2. The van der Waals surface area contributed by atoms with Crippen LogP contribution >= 0.6 is 11.6 Å². The van der Waals surface area contributed by atoms with Crippen LogP contribution < -0.4 is 4.72 Å². The van der Waals surface area contributed by atoms with Crippen LogP contribution in [0.2, 0.25) is 5.02 Å². The highest BCUT2D eigenvalue weighted by Gasteiger charge is 2.42. The van der Waals surface area contributed by atoms with Gasteiger partial charge in [0.15, 0.2) is 0 Å². The lowest BCUT2D eigenvalue weighted by molar-refractivity contribution is 0.249. The number of rotatable bonds is 6. The molecule has 0 amide bonds. The molecule has 1 fully saturated rings. The lowest BCUT2D eigenvalue weighted by Crippen LogP contribution is -2.30. The quantitative estimate of drug-likeness (QED) is 0.839. The molecule has 0 unspecified atom stereocenters. The third kappa shape index (κ3) is 3.23. The summed E-state index contributed by atoms with van der Waals surface area (Å²) in [5, 5.41) is 9.43. The first-order valence-corrected chi connectivity index (χ1v) is 7.70. The molecule has 0 saturated heterocycles. The van der Waals surface area contributed by atoms with E-state index in [0.29, 0.717) is 18.0 Å². The van der Waals surface area contributed by atoms with Crippen LogP contribution in [0.5, 0.6) is 0 Å².